The normalized spacial score (nSPS) is 18.7. The maximum Gasteiger partial charge on any atom is 0.416 e. The van der Waals surface area contributed by atoms with E-state index >= 15 is 0 Å². The smallest absolute Gasteiger partial charge is 0.416 e. The molecule has 0 radical (unpaired) electrons. The first-order valence-electron chi connectivity index (χ1n) is 8.44. The van der Waals surface area contributed by atoms with Crippen molar-refractivity contribution in [2.24, 2.45) is 0 Å². The first-order valence-corrected chi connectivity index (χ1v) is 8.44. The summed E-state index contributed by atoms with van der Waals surface area (Å²) in [4.78, 5) is 2.25. The number of aromatic hydroxyl groups is 1. The molecule has 1 aromatic carbocycles. The van der Waals surface area contributed by atoms with Crippen molar-refractivity contribution in [1.29, 1.82) is 0 Å². The molecule has 1 aliphatic heterocycles. The van der Waals surface area contributed by atoms with Crippen LogP contribution in [-0.2, 0) is 6.18 Å². The number of hydrogen-bond donors (Lipinski definition) is 2. The number of nitrogens with zero attached hydrogens (tertiary/aromatic N) is 3. The highest BCUT2D eigenvalue weighted by Crippen LogP contribution is 2.36. The van der Waals surface area contributed by atoms with Crippen LogP contribution in [0.25, 0.3) is 11.3 Å². The number of hydrogen-bond acceptors (Lipinski definition) is 5. The largest absolute Gasteiger partial charge is 0.507 e. The van der Waals surface area contributed by atoms with Crippen LogP contribution < -0.4 is 5.32 Å². The third-order valence-corrected chi connectivity index (χ3v) is 4.55. The minimum Gasteiger partial charge on any atom is -0.507 e. The fraction of sp³-hybridized carbons (Fsp3) is 0.444. The molecule has 1 atom stereocenters. The van der Waals surface area contributed by atoms with Gasteiger partial charge in [-0.2, -0.15) is 13.2 Å². The van der Waals surface area contributed by atoms with Crippen LogP contribution in [0.1, 0.15) is 24.0 Å². The van der Waals surface area contributed by atoms with E-state index in [0.29, 0.717) is 17.6 Å². The van der Waals surface area contributed by atoms with Gasteiger partial charge in [-0.3, -0.25) is 0 Å². The predicted octanol–water partition coefficient (Wildman–Crippen LogP) is 3.68. The van der Waals surface area contributed by atoms with Crippen LogP contribution in [0.15, 0.2) is 24.3 Å². The van der Waals surface area contributed by atoms with E-state index in [2.05, 4.69) is 27.5 Å². The second kappa shape index (κ2) is 7.11. The van der Waals surface area contributed by atoms with Crippen molar-refractivity contribution in [2.75, 3.05) is 25.5 Å². The Morgan fingerprint density at radius 3 is 2.62 bits per heavy atom. The molecule has 0 bridgehead atoms. The Hall–Kier alpha value is -2.35. The molecule has 1 aliphatic rings. The maximum atomic E-state index is 12.7. The summed E-state index contributed by atoms with van der Waals surface area (Å²) in [5.41, 5.74) is 0.475. The van der Waals surface area contributed by atoms with E-state index < -0.39 is 17.5 Å². The van der Waals surface area contributed by atoms with Gasteiger partial charge < -0.3 is 15.3 Å². The van der Waals surface area contributed by atoms with Crippen LogP contribution in [0.5, 0.6) is 5.75 Å². The molecule has 26 heavy (non-hydrogen) atoms. The Bertz CT molecular complexity index is 794. The Kier molecular flexibility index (Phi) is 5.04. The van der Waals surface area contributed by atoms with E-state index in [1.807, 2.05) is 6.92 Å². The minimum atomic E-state index is -4.50. The first-order chi connectivity index (χ1) is 12.2. The second-order valence-electron chi connectivity index (χ2n) is 6.74. The van der Waals surface area contributed by atoms with Gasteiger partial charge in [-0.15, -0.1) is 10.2 Å². The standard InChI is InChI=1S/C18H21F3N4O/c1-11-8-15(14-6-5-12(9-16(14)26)18(19,20)21)23-24-17(11)22-13-4-3-7-25(2)10-13/h5-6,8-9,13,26H,3-4,7,10H2,1-2H3,(H,22,24). The molecule has 140 valence electrons. The summed E-state index contributed by atoms with van der Waals surface area (Å²) in [5.74, 6) is 0.184. The lowest BCUT2D eigenvalue weighted by molar-refractivity contribution is -0.137. The average Bonchev–Trinajstić information content (AvgIpc) is 2.56. The third-order valence-electron chi connectivity index (χ3n) is 4.55. The number of rotatable bonds is 3. The summed E-state index contributed by atoms with van der Waals surface area (Å²) in [5, 5.41) is 21.6. The number of alkyl halides is 3. The fourth-order valence-electron chi connectivity index (χ4n) is 3.16. The van der Waals surface area contributed by atoms with E-state index in [0.717, 1.165) is 37.6 Å². The molecule has 8 heteroatoms. The van der Waals surface area contributed by atoms with Gasteiger partial charge in [-0.25, -0.2) is 0 Å². The molecule has 1 unspecified atom stereocenters. The number of aryl methyl sites for hydroxylation is 1. The predicted molar refractivity (Wildman–Crippen MR) is 93.0 cm³/mol. The summed E-state index contributed by atoms with van der Waals surface area (Å²) in [6.45, 7) is 3.85. The van der Waals surface area contributed by atoms with Gasteiger partial charge in [0.2, 0.25) is 0 Å². The monoisotopic (exact) mass is 366 g/mol. The van der Waals surface area contributed by atoms with E-state index in [9.17, 15) is 18.3 Å². The third kappa shape index (κ3) is 4.07. The molecule has 0 amide bonds. The number of piperidine rings is 1. The van der Waals surface area contributed by atoms with Gasteiger partial charge in [0.1, 0.15) is 5.75 Å². The van der Waals surface area contributed by atoms with E-state index in [1.54, 1.807) is 6.07 Å². The number of anilines is 1. The van der Waals surface area contributed by atoms with Crippen LogP contribution in [-0.4, -0.2) is 46.4 Å². The Morgan fingerprint density at radius 2 is 2.00 bits per heavy atom. The second-order valence-corrected chi connectivity index (χ2v) is 6.74. The van der Waals surface area contributed by atoms with Crippen LogP contribution >= 0.6 is 0 Å². The highest BCUT2D eigenvalue weighted by Gasteiger charge is 2.31. The van der Waals surface area contributed by atoms with Gasteiger partial charge in [0.15, 0.2) is 5.82 Å². The summed E-state index contributed by atoms with van der Waals surface area (Å²) in [7, 11) is 2.07. The lowest BCUT2D eigenvalue weighted by Crippen LogP contribution is -2.40. The molecule has 1 saturated heterocycles. The fourth-order valence-corrected chi connectivity index (χ4v) is 3.16. The minimum absolute atomic E-state index is 0.220. The van der Waals surface area contributed by atoms with Crippen molar-refractivity contribution < 1.29 is 18.3 Å². The molecular weight excluding hydrogens is 345 g/mol. The van der Waals surface area contributed by atoms with Crippen LogP contribution in [0, 0.1) is 6.92 Å². The number of phenolic OH excluding ortho intramolecular Hbond substituents is 1. The van der Waals surface area contributed by atoms with Crippen LogP contribution in [0.4, 0.5) is 19.0 Å². The summed E-state index contributed by atoms with van der Waals surface area (Å²) in [6, 6.07) is 4.84. The molecule has 3 rings (SSSR count). The summed E-state index contributed by atoms with van der Waals surface area (Å²) in [6.07, 6.45) is -2.34. The Morgan fingerprint density at radius 1 is 1.23 bits per heavy atom. The van der Waals surface area contributed by atoms with Crippen molar-refractivity contribution in [1.82, 2.24) is 15.1 Å². The summed E-state index contributed by atoms with van der Waals surface area (Å²) < 4.78 is 38.2. The SMILES string of the molecule is Cc1cc(-c2ccc(C(F)(F)F)cc2O)nnc1NC1CCCN(C)C1. The van der Waals surface area contributed by atoms with Gasteiger partial charge in [-0.1, -0.05) is 0 Å². The Balaban J connectivity index is 1.81. The number of likely N-dealkylation sites (N-methyl/N-ethyl adjacent to an activating group) is 1. The number of halogens is 3. The molecule has 2 heterocycles. The first kappa shape index (κ1) is 18.4. The number of likely N-dealkylation sites (tertiary alicyclic amines) is 1. The molecule has 5 nitrogen and oxygen atoms in total. The van der Waals surface area contributed by atoms with Crippen LogP contribution in [0.2, 0.25) is 0 Å². The molecule has 1 aromatic heterocycles. The van der Waals surface area contributed by atoms with E-state index in [1.165, 1.54) is 6.07 Å². The zero-order valence-electron chi connectivity index (χ0n) is 14.6. The summed E-state index contributed by atoms with van der Waals surface area (Å²) >= 11 is 0. The van der Waals surface area contributed by atoms with Crippen molar-refractivity contribution in [3.8, 4) is 17.0 Å². The van der Waals surface area contributed by atoms with Crippen molar-refractivity contribution in [3.05, 3.63) is 35.4 Å². The molecule has 0 spiro atoms. The molecule has 2 N–H and O–H groups in total. The van der Waals surface area contributed by atoms with E-state index in [-0.39, 0.29) is 11.6 Å². The zero-order chi connectivity index (χ0) is 18.9. The van der Waals surface area contributed by atoms with Crippen molar-refractivity contribution >= 4 is 5.82 Å². The number of aromatic nitrogens is 2. The van der Waals surface area contributed by atoms with Crippen molar-refractivity contribution in [2.45, 2.75) is 32.0 Å². The highest BCUT2D eigenvalue weighted by molar-refractivity contribution is 5.68. The van der Waals surface area contributed by atoms with Crippen molar-refractivity contribution in [3.63, 3.8) is 0 Å². The van der Waals surface area contributed by atoms with Gasteiger partial charge in [0.05, 0.1) is 11.3 Å². The molecular formula is C18H21F3N4O. The lowest BCUT2D eigenvalue weighted by atomic mass is 10.0. The number of nitrogens with one attached hydrogen (secondary N) is 1. The van der Waals surface area contributed by atoms with Gasteiger partial charge >= 0.3 is 6.18 Å². The zero-order valence-corrected chi connectivity index (χ0v) is 14.6. The topological polar surface area (TPSA) is 61.3 Å². The lowest BCUT2D eigenvalue weighted by Gasteiger charge is -2.30. The Labute approximate surface area is 149 Å². The molecule has 1 fully saturated rings. The maximum absolute atomic E-state index is 12.7. The van der Waals surface area contributed by atoms with E-state index in [4.69, 9.17) is 0 Å². The average molecular weight is 366 g/mol. The molecule has 0 saturated carbocycles. The molecule has 0 aliphatic carbocycles. The van der Waals surface area contributed by atoms with Gasteiger partial charge in [0, 0.05) is 18.2 Å². The van der Waals surface area contributed by atoms with Crippen LogP contribution in [0.3, 0.4) is 0 Å². The van der Waals surface area contributed by atoms with Gasteiger partial charge in [0.25, 0.3) is 0 Å². The van der Waals surface area contributed by atoms with Gasteiger partial charge in [-0.05, 0) is 63.2 Å². The quantitative estimate of drug-likeness (QED) is 0.868. The highest BCUT2D eigenvalue weighted by atomic mass is 19.4. The molecule has 2 aromatic rings. The number of phenols is 1. The number of benzene rings is 1.